The molecule has 0 bridgehead atoms. The Bertz CT molecular complexity index is 783. The summed E-state index contributed by atoms with van der Waals surface area (Å²) in [7, 11) is 2.16. The fourth-order valence-corrected chi connectivity index (χ4v) is 4.41. The first-order valence-electron chi connectivity index (χ1n) is 10.0. The van der Waals surface area contributed by atoms with E-state index in [0.717, 1.165) is 57.7 Å². The number of morpholine rings is 1. The Morgan fingerprint density at radius 3 is 2.82 bits per heavy atom. The molecule has 6 nitrogen and oxygen atoms in total. The molecule has 2 fully saturated rings. The number of aromatic nitrogens is 2. The molecule has 7 heteroatoms. The number of halogens is 1. The first kappa shape index (κ1) is 19.6. The van der Waals surface area contributed by atoms with Crippen LogP contribution < -0.4 is 9.80 Å². The third-order valence-electron chi connectivity index (χ3n) is 5.66. The smallest absolute Gasteiger partial charge is 0.227 e. The number of hydrogen-bond acceptors (Lipinski definition) is 6. The molecule has 1 atom stereocenters. The van der Waals surface area contributed by atoms with E-state index in [9.17, 15) is 0 Å². The van der Waals surface area contributed by atoms with E-state index in [2.05, 4.69) is 66.9 Å². The summed E-state index contributed by atoms with van der Waals surface area (Å²) in [5.41, 5.74) is 1.35. The zero-order valence-corrected chi connectivity index (χ0v) is 18.0. The standard InChI is InChI=1S/C21H28BrN5O/c1-25(20-8-9-23-21(24-20)27-11-13-28-14-12-27)18-6-4-10-26(16-18)15-17-5-2-3-7-19(17)22/h2-3,5,7-9,18H,4,6,10-16H2,1H3. The number of likely N-dealkylation sites (tertiary alicyclic amines) is 1. The van der Waals surface area contributed by atoms with Crippen LogP contribution in [0.15, 0.2) is 41.0 Å². The molecule has 1 aromatic heterocycles. The number of anilines is 2. The van der Waals surface area contributed by atoms with Crippen molar-refractivity contribution in [3.63, 3.8) is 0 Å². The van der Waals surface area contributed by atoms with Crippen LogP contribution in [0.5, 0.6) is 0 Å². The number of piperidine rings is 1. The molecule has 0 spiro atoms. The van der Waals surface area contributed by atoms with Gasteiger partial charge in [-0.15, -0.1) is 0 Å². The van der Waals surface area contributed by atoms with Crippen molar-refractivity contribution in [3.05, 3.63) is 46.6 Å². The summed E-state index contributed by atoms with van der Waals surface area (Å²) in [4.78, 5) is 16.4. The molecule has 2 aromatic rings. The minimum atomic E-state index is 0.462. The molecular weight excluding hydrogens is 418 g/mol. The maximum Gasteiger partial charge on any atom is 0.227 e. The maximum absolute atomic E-state index is 5.45. The Morgan fingerprint density at radius 2 is 2.00 bits per heavy atom. The van der Waals surface area contributed by atoms with Gasteiger partial charge in [-0.3, -0.25) is 4.90 Å². The lowest BCUT2D eigenvalue weighted by Crippen LogP contribution is -2.46. The molecule has 0 radical (unpaired) electrons. The van der Waals surface area contributed by atoms with E-state index < -0.39 is 0 Å². The van der Waals surface area contributed by atoms with Crippen molar-refractivity contribution in [2.24, 2.45) is 0 Å². The Labute approximate surface area is 175 Å². The predicted octanol–water partition coefficient (Wildman–Crippen LogP) is 3.18. The molecule has 1 aromatic carbocycles. The summed E-state index contributed by atoms with van der Waals surface area (Å²) < 4.78 is 6.64. The molecule has 0 saturated carbocycles. The highest BCUT2D eigenvalue weighted by Crippen LogP contribution is 2.24. The SMILES string of the molecule is CN(c1ccnc(N2CCOCC2)n1)C1CCCN(Cc2ccccc2Br)C1. The van der Waals surface area contributed by atoms with Crippen LogP contribution in [-0.4, -0.2) is 67.4 Å². The monoisotopic (exact) mass is 445 g/mol. The number of nitrogens with zero attached hydrogens (tertiary/aromatic N) is 5. The summed E-state index contributed by atoms with van der Waals surface area (Å²) in [5, 5.41) is 0. The minimum absolute atomic E-state index is 0.462. The van der Waals surface area contributed by atoms with Gasteiger partial charge in [0.25, 0.3) is 0 Å². The quantitative estimate of drug-likeness (QED) is 0.703. The van der Waals surface area contributed by atoms with Gasteiger partial charge in [0.05, 0.1) is 13.2 Å². The molecule has 0 N–H and O–H groups in total. The van der Waals surface area contributed by atoms with Crippen molar-refractivity contribution in [3.8, 4) is 0 Å². The molecule has 1 unspecified atom stereocenters. The second-order valence-electron chi connectivity index (χ2n) is 7.55. The van der Waals surface area contributed by atoms with Crippen LogP contribution in [0.4, 0.5) is 11.8 Å². The van der Waals surface area contributed by atoms with Crippen molar-refractivity contribution < 1.29 is 4.74 Å². The summed E-state index contributed by atoms with van der Waals surface area (Å²) >= 11 is 3.68. The molecule has 0 amide bonds. The average molecular weight is 446 g/mol. The van der Waals surface area contributed by atoms with Crippen LogP contribution in [0.2, 0.25) is 0 Å². The highest BCUT2D eigenvalue weighted by Gasteiger charge is 2.25. The zero-order chi connectivity index (χ0) is 19.3. The minimum Gasteiger partial charge on any atom is -0.378 e. The molecule has 4 rings (SSSR count). The average Bonchev–Trinajstić information content (AvgIpc) is 2.76. The predicted molar refractivity (Wildman–Crippen MR) is 116 cm³/mol. The van der Waals surface area contributed by atoms with E-state index in [-0.39, 0.29) is 0 Å². The first-order chi connectivity index (χ1) is 13.7. The third kappa shape index (κ3) is 4.64. The lowest BCUT2D eigenvalue weighted by atomic mass is 10.0. The second-order valence-corrected chi connectivity index (χ2v) is 8.40. The topological polar surface area (TPSA) is 44.7 Å². The maximum atomic E-state index is 5.45. The van der Waals surface area contributed by atoms with E-state index in [0.29, 0.717) is 6.04 Å². The number of hydrogen-bond donors (Lipinski definition) is 0. The molecule has 2 aliphatic heterocycles. The van der Waals surface area contributed by atoms with E-state index in [1.165, 1.54) is 22.9 Å². The van der Waals surface area contributed by atoms with Gasteiger partial charge in [0.15, 0.2) is 0 Å². The normalized spacial score (nSPS) is 20.9. The summed E-state index contributed by atoms with van der Waals surface area (Å²) in [6, 6.07) is 11.0. The molecule has 0 aliphatic carbocycles. The fourth-order valence-electron chi connectivity index (χ4n) is 4.00. The summed E-state index contributed by atoms with van der Waals surface area (Å²) in [6.07, 6.45) is 4.28. The molecule has 150 valence electrons. The fraction of sp³-hybridized carbons (Fsp3) is 0.524. The van der Waals surface area contributed by atoms with Crippen molar-refractivity contribution in [1.29, 1.82) is 0 Å². The van der Waals surface area contributed by atoms with Crippen molar-refractivity contribution >= 4 is 27.7 Å². The van der Waals surface area contributed by atoms with Gasteiger partial charge < -0.3 is 14.5 Å². The van der Waals surface area contributed by atoms with Crippen LogP contribution in [0.1, 0.15) is 18.4 Å². The van der Waals surface area contributed by atoms with Gasteiger partial charge in [-0.1, -0.05) is 34.1 Å². The molecule has 2 aliphatic rings. The van der Waals surface area contributed by atoms with Gasteiger partial charge in [-0.05, 0) is 37.1 Å². The van der Waals surface area contributed by atoms with Gasteiger partial charge in [0.2, 0.25) is 5.95 Å². The van der Waals surface area contributed by atoms with E-state index in [1.54, 1.807) is 0 Å². The highest BCUT2D eigenvalue weighted by atomic mass is 79.9. The van der Waals surface area contributed by atoms with Gasteiger partial charge >= 0.3 is 0 Å². The third-order valence-corrected chi connectivity index (χ3v) is 6.44. The van der Waals surface area contributed by atoms with Gasteiger partial charge in [0.1, 0.15) is 5.82 Å². The second kappa shape index (κ2) is 9.20. The van der Waals surface area contributed by atoms with Crippen LogP contribution in [0.25, 0.3) is 0 Å². The van der Waals surface area contributed by atoms with Crippen LogP contribution in [0.3, 0.4) is 0 Å². The largest absolute Gasteiger partial charge is 0.378 e. The van der Waals surface area contributed by atoms with Crippen molar-refractivity contribution in [2.45, 2.75) is 25.4 Å². The Morgan fingerprint density at radius 1 is 1.18 bits per heavy atom. The van der Waals surface area contributed by atoms with Crippen molar-refractivity contribution in [1.82, 2.24) is 14.9 Å². The van der Waals surface area contributed by atoms with E-state index in [1.807, 2.05) is 12.3 Å². The van der Waals surface area contributed by atoms with Crippen LogP contribution in [0, 0.1) is 0 Å². The lowest BCUT2D eigenvalue weighted by Gasteiger charge is -2.38. The summed E-state index contributed by atoms with van der Waals surface area (Å²) in [6.45, 7) is 6.39. The molecule has 28 heavy (non-hydrogen) atoms. The Balaban J connectivity index is 1.42. The molecule has 3 heterocycles. The number of rotatable bonds is 5. The number of benzene rings is 1. The van der Waals surface area contributed by atoms with Crippen LogP contribution in [-0.2, 0) is 11.3 Å². The number of likely N-dealkylation sites (N-methyl/N-ethyl adjacent to an activating group) is 1. The molecule has 2 saturated heterocycles. The summed E-state index contributed by atoms with van der Waals surface area (Å²) in [5.74, 6) is 1.82. The Kier molecular flexibility index (Phi) is 6.44. The van der Waals surface area contributed by atoms with Crippen molar-refractivity contribution in [2.75, 3.05) is 56.2 Å². The number of ether oxygens (including phenoxy) is 1. The molecular formula is C21H28BrN5O. The zero-order valence-electron chi connectivity index (χ0n) is 16.4. The lowest BCUT2D eigenvalue weighted by molar-refractivity contribution is 0.122. The van der Waals surface area contributed by atoms with Crippen LogP contribution >= 0.6 is 15.9 Å². The first-order valence-corrected chi connectivity index (χ1v) is 10.8. The van der Waals surface area contributed by atoms with Gasteiger partial charge in [-0.2, -0.15) is 4.98 Å². The Hall–Kier alpha value is -1.70. The highest BCUT2D eigenvalue weighted by molar-refractivity contribution is 9.10. The van der Waals surface area contributed by atoms with E-state index in [4.69, 9.17) is 9.72 Å². The van der Waals surface area contributed by atoms with Gasteiger partial charge in [0, 0.05) is 49.9 Å². The van der Waals surface area contributed by atoms with Gasteiger partial charge in [-0.25, -0.2) is 4.98 Å². The van der Waals surface area contributed by atoms with E-state index >= 15 is 0 Å².